The van der Waals surface area contributed by atoms with Gasteiger partial charge in [-0.15, -0.1) is 22.9 Å². The lowest BCUT2D eigenvalue weighted by Gasteiger charge is -2.16. The molecule has 0 spiro atoms. The third-order valence-electron chi connectivity index (χ3n) is 3.30. The Morgan fingerprint density at radius 1 is 1.33 bits per heavy atom. The average Bonchev–Trinajstić information content (AvgIpc) is 2.80. The Labute approximate surface area is 131 Å². The van der Waals surface area contributed by atoms with Crippen molar-refractivity contribution < 1.29 is 13.5 Å². The van der Waals surface area contributed by atoms with E-state index in [2.05, 4.69) is 6.58 Å². The molecule has 1 atom stereocenters. The van der Waals surface area contributed by atoms with Crippen molar-refractivity contribution in [1.82, 2.24) is 0 Å². The van der Waals surface area contributed by atoms with Gasteiger partial charge in [0, 0.05) is 10.4 Å². The van der Waals surface area contributed by atoms with Gasteiger partial charge in [0.1, 0.15) is 6.61 Å². The molecular formula is C16H15ClF2OS. The second-order valence-electron chi connectivity index (χ2n) is 4.61. The van der Waals surface area contributed by atoms with Gasteiger partial charge in [-0.3, -0.25) is 0 Å². The second kappa shape index (κ2) is 6.58. The van der Waals surface area contributed by atoms with Crippen LogP contribution in [0.4, 0.5) is 8.78 Å². The van der Waals surface area contributed by atoms with Gasteiger partial charge in [0.15, 0.2) is 11.6 Å². The molecule has 0 amide bonds. The highest BCUT2D eigenvalue weighted by Crippen LogP contribution is 2.40. The van der Waals surface area contributed by atoms with Crippen LogP contribution >= 0.6 is 22.9 Å². The highest BCUT2D eigenvalue weighted by atomic mass is 35.5. The Balaban J connectivity index is 2.49. The summed E-state index contributed by atoms with van der Waals surface area (Å²) in [6.45, 7) is 7.54. The van der Waals surface area contributed by atoms with Crippen molar-refractivity contribution in [2.45, 2.75) is 19.2 Å². The summed E-state index contributed by atoms with van der Waals surface area (Å²) in [6.07, 6.45) is 1.47. The Bertz CT molecular complexity index is 667. The Morgan fingerprint density at radius 2 is 2.05 bits per heavy atom. The molecular weight excluding hydrogens is 314 g/mol. The lowest BCUT2D eigenvalue weighted by atomic mass is 10.0. The van der Waals surface area contributed by atoms with E-state index in [0.717, 1.165) is 22.1 Å². The zero-order chi connectivity index (χ0) is 15.6. The molecule has 0 N–H and O–H groups in total. The molecule has 1 heterocycles. The van der Waals surface area contributed by atoms with E-state index in [-0.39, 0.29) is 12.4 Å². The minimum absolute atomic E-state index is 0.0820. The summed E-state index contributed by atoms with van der Waals surface area (Å²) in [4.78, 5) is 1.15. The highest BCUT2D eigenvalue weighted by Gasteiger charge is 2.23. The summed E-state index contributed by atoms with van der Waals surface area (Å²) >= 11 is 8.05. The zero-order valence-corrected chi connectivity index (χ0v) is 13.3. The molecule has 2 rings (SSSR count). The monoisotopic (exact) mass is 328 g/mol. The molecule has 0 saturated heterocycles. The molecule has 1 aromatic carbocycles. The van der Waals surface area contributed by atoms with E-state index in [4.69, 9.17) is 16.3 Å². The molecule has 21 heavy (non-hydrogen) atoms. The van der Waals surface area contributed by atoms with Crippen molar-refractivity contribution in [2.75, 3.05) is 6.61 Å². The van der Waals surface area contributed by atoms with Gasteiger partial charge in [-0.25, -0.2) is 4.39 Å². The van der Waals surface area contributed by atoms with Gasteiger partial charge < -0.3 is 4.74 Å². The predicted octanol–water partition coefficient (Wildman–Crippen LogP) is 5.54. The molecule has 0 saturated carbocycles. The lowest BCUT2D eigenvalue weighted by molar-refractivity contribution is 0.329. The minimum Gasteiger partial charge on any atom is -0.486 e. The van der Waals surface area contributed by atoms with Crippen LogP contribution in [0.15, 0.2) is 30.2 Å². The number of ether oxygens (including phenoxy) is 1. The highest BCUT2D eigenvalue weighted by molar-refractivity contribution is 7.10. The van der Waals surface area contributed by atoms with Crippen LogP contribution in [-0.4, -0.2) is 6.61 Å². The summed E-state index contributed by atoms with van der Waals surface area (Å²) in [5.74, 6) is -2.14. The van der Waals surface area contributed by atoms with Gasteiger partial charge in [0.2, 0.25) is 5.82 Å². The molecule has 0 aliphatic rings. The quantitative estimate of drug-likeness (QED) is 0.517. The third kappa shape index (κ3) is 3.11. The first-order valence-electron chi connectivity index (χ1n) is 6.37. The number of alkyl halides is 1. The van der Waals surface area contributed by atoms with Crippen molar-refractivity contribution in [2.24, 2.45) is 0 Å². The van der Waals surface area contributed by atoms with E-state index >= 15 is 0 Å². The summed E-state index contributed by atoms with van der Waals surface area (Å²) in [5.41, 5.74) is 2.35. The van der Waals surface area contributed by atoms with Crippen LogP contribution in [0.3, 0.4) is 0 Å². The third-order valence-corrected chi connectivity index (χ3v) is 4.80. The number of benzene rings is 1. The van der Waals surface area contributed by atoms with Crippen LogP contribution < -0.4 is 4.74 Å². The van der Waals surface area contributed by atoms with Crippen LogP contribution in [0.2, 0.25) is 0 Å². The second-order valence-corrected chi connectivity index (χ2v) is 6.13. The fraction of sp³-hybridized carbons (Fsp3) is 0.250. The summed E-state index contributed by atoms with van der Waals surface area (Å²) in [6, 6.07) is 2.52. The van der Waals surface area contributed by atoms with E-state index in [9.17, 15) is 8.78 Å². The Morgan fingerprint density at radius 3 is 2.62 bits per heavy atom. The van der Waals surface area contributed by atoms with Gasteiger partial charge in [-0.05, 0) is 36.4 Å². The first-order valence-corrected chi connectivity index (χ1v) is 7.69. The standard InChI is InChI=1S/C16H15ClF2OS/c1-4-7-20-16-11(5-6-13(18)15(16)19)14(17)12-8-21-10(3)9(12)2/h4-6,8,14H,1,7H2,2-3H3. The van der Waals surface area contributed by atoms with Crippen LogP contribution in [0.25, 0.3) is 0 Å². The van der Waals surface area contributed by atoms with Crippen molar-refractivity contribution in [3.8, 4) is 5.75 Å². The molecule has 1 aromatic heterocycles. The first-order chi connectivity index (χ1) is 9.97. The Hall–Kier alpha value is -1.39. The molecule has 0 radical (unpaired) electrons. The van der Waals surface area contributed by atoms with Gasteiger partial charge in [-0.2, -0.15) is 4.39 Å². The van der Waals surface area contributed by atoms with E-state index < -0.39 is 17.0 Å². The number of hydrogen-bond donors (Lipinski definition) is 0. The van der Waals surface area contributed by atoms with Gasteiger partial charge >= 0.3 is 0 Å². The summed E-state index contributed by atoms with van der Waals surface area (Å²) < 4.78 is 32.7. The van der Waals surface area contributed by atoms with Gasteiger partial charge in [-0.1, -0.05) is 18.7 Å². The summed E-state index contributed by atoms with van der Waals surface area (Å²) in [7, 11) is 0. The predicted molar refractivity (Wildman–Crippen MR) is 83.5 cm³/mol. The van der Waals surface area contributed by atoms with Crippen molar-refractivity contribution in [3.05, 3.63) is 63.4 Å². The molecule has 5 heteroatoms. The van der Waals surface area contributed by atoms with E-state index in [1.54, 1.807) is 11.3 Å². The van der Waals surface area contributed by atoms with Crippen LogP contribution in [0.1, 0.15) is 26.9 Å². The smallest absolute Gasteiger partial charge is 0.200 e. The molecule has 1 nitrogen and oxygen atoms in total. The lowest BCUT2D eigenvalue weighted by Crippen LogP contribution is -2.05. The number of rotatable bonds is 5. The van der Waals surface area contributed by atoms with E-state index in [1.165, 1.54) is 12.1 Å². The normalized spacial score (nSPS) is 12.2. The fourth-order valence-corrected chi connectivity index (χ4v) is 3.37. The van der Waals surface area contributed by atoms with Gasteiger partial charge in [0.05, 0.1) is 5.38 Å². The molecule has 112 valence electrons. The molecule has 0 bridgehead atoms. The number of aryl methyl sites for hydroxylation is 1. The SMILES string of the molecule is C=CCOc1c(C(Cl)c2csc(C)c2C)ccc(F)c1F. The number of hydrogen-bond acceptors (Lipinski definition) is 2. The maximum Gasteiger partial charge on any atom is 0.200 e. The molecule has 0 fully saturated rings. The van der Waals surface area contributed by atoms with Crippen LogP contribution in [0, 0.1) is 25.5 Å². The topological polar surface area (TPSA) is 9.23 Å². The Kier molecular flexibility index (Phi) is 5.01. The maximum atomic E-state index is 14.0. The maximum absolute atomic E-state index is 14.0. The van der Waals surface area contributed by atoms with Crippen molar-refractivity contribution >= 4 is 22.9 Å². The van der Waals surface area contributed by atoms with Gasteiger partial charge in [0.25, 0.3) is 0 Å². The molecule has 0 aliphatic carbocycles. The number of thiophene rings is 1. The molecule has 0 aliphatic heterocycles. The van der Waals surface area contributed by atoms with E-state index in [1.807, 2.05) is 19.2 Å². The largest absolute Gasteiger partial charge is 0.486 e. The van der Waals surface area contributed by atoms with Crippen molar-refractivity contribution in [1.29, 1.82) is 0 Å². The van der Waals surface area contributed by atoms with Crippen LogP contribution in [0.5, 0.6) is 5.75 Å². The molecule has 1 unspecified atom stereocenters. The van der Waals surface area contributed by atoms with E-state index in [0.29, 0.717) is 5.56 Å². The van der Waals surface area contributed by atoms with Crippen molar-refractivity contribution in [3.63, 3.8) is 0 Å². The zero-order valence-electron chi connectivity index (χ0n) is 11.8. The average molecular weight is 329 g/mol. The number of halogens is 3. The van der Waals surface area contributed by atoms with Crippen LogP contribution in [-0.2, 0) is 0 Å². The fourth-order valence-electron chi connectivity index (χ4n) is 1.98. The summed E-state index contributed by atoms with van der Waals surface area (Å²) in [5, 5.41) is 1.34. The molecule has 2 aromatic rings. The minimum atomic E-state index is -1.02. The first kappa shape index (κ1) is 16.0.